The highest BCUT2D eigenvalue weighted by atomic mass is 16.3. The third-order valence-electron chi connectivity index (χ3n) is 10.5. The van der Waals surface area contributed by atoms with Crippen LogP contribution in [0.5, 0.6) is 0 Å². The van der Waals surface area contributed by atoms with E-state index in [4.69, 9.17) is 0 Å². The minimum atomic E-state index is -1.59. The number of hydrogen-bond donors (Lipinski definition) is 7. The van der Waals surface area contributed by atoms with Crippen LogP contribution in [-0.4, -0.2) is 82.7 Å². The second-order valence-electron chi connectivity index (χ2n) is 13.3. The van der Waals surface area contributed by atoms with Crippen LogP contribution in [0.3, 0.4) is 0 Å². The summed E-state index contributed by atoms with van der Waals surface area (Å²) in [5, 5.41) is 77.0. The van der Waals surface area contributed by atoms with E-state index in [0.717, 1.165) is 0 Å². The lowest BCUT2D eigenvalue weighted by Gasteiger charge is -2.62. The van der Waals surface area contributed by atoms with Gasteiger partial charge >= 0.3 is 0 Å². The number of rotatable bonds is 5. The third-order valence-corrected chi connectivity index (χ3v) is 10.5. The topological polar surface area (TPSA) is 159 Å². The first kappa shape index (κ1) is 27.2. The Balaban J connectivity index is 1.71. The number of fused-ring (bicyclic) bond motifs is 5. The molecular weight excluding hydrogens is 452 g/mol. The molecule has 0 saturated heterocycles. The SMILES string of the molecule is CC(C)(O)CC[C@H](O)[C@](C)(O)[C@H]1CC[C@@]2(O)C3=CC(=O)[C@@H]4C[C@@H](O)[C@@H](O)C[C@]4(C)[C@@H]3[C@H](O)C[C@]12C. The zero-order valence-corrected chi connectivity index (χ0v) is 21.6. The molecule has 0 aromatic rings. The maximum Gasteiger partial charge on any atom is 0.159 e. The third kappa shape index (κ3) is 3.95. The van der Waals surface area contributed by atoms with Crippen LogP contribution in [0.15, 0.2) is 11.6 Å². The van der Waals surface area contributed by atoms with Gasteiger partial charge in [-0.05, 0) is 88.7 Å². The standard InChI is InChI=1S/C27H44O8/c1-23(2,33)8-7-21(32)26(5,34)20-6-9-27(35)15-11-16(28)14-10-17(29)18(30)12-24(14,3)22(15)19(31)13-25(20,27)4/h11,14,17-22,29-35H,6-10,12-13H2,1-5H3/t14-,17+,18-,19+,20-,21-,22-,24-,25+,26+,27+/m0/s1. The van der Waals surface area contributed by atoms with E-state index >= 15 is 0 Å². The molecule has 0 unspecified atom stereocenters. The molecule has 4 rings (SSSR count). The predicted octanol–water partition coefficient (Wildman–Crippen LogP) is 0.825. The fraction of sp³-hybridized carbons (Fsp3) is 0.889. The summed E-state index contributed by atoms with van der Waals surface area (Å²) in [7, 11) is 0. The summed E-state index contributed by atoms with van der Waals surface area (Å²) >= 11 is 0. The van der Waals surface area contributed by atoms with Crippen molar-refractivity contribution in [3.05, 3.63) is 11.6 Å². The van der Waals surface area contributed by atoms with E-state index in [1.54, 1.807) is 20.8 Å². The van der Waals surface area contributed by atoms with Gasteiger partial charge in [-0.25, -0.2) is 0 Å². The summed E-state index contributed by atoms with van der Waals surface area (Å²) in [6, 6.07) is 0. The highest BCUT2D eigenvalue weighted by Gasteiger charge is 2.71. The van der Waals surface area contributed by atoms with E-state index in [9.17, 15) is 40.5 Å². The Morgan fingerprint density at radius 1 is 1.06 bits per heavy atom. The molecular formula is C27H44O8. The van der Waals surface area contributed by atoms with Gasteiger partial charge in [-0.2, -0.15) is 0 Å². The molecule has 200 valence electrons. The van der Waals surface area contributed by atoms with Gasteiger partial charge in [-0.1, -0.05) is 13.8 Å². The molecule has 0 aromatic heterocycles. The van der Waals surface area contributed by atoms with Crippen molar-refractivity contribution in [1.82, 2.24) is 0 Å². The number of aliphatic hydroxyl groups excluding tert-OH is 4. The van der Waals surface area contributed by atoms with E-state index < -0.39 is 69.8 Å². The molecule has 8 nitrogen and oxygen atoms in total. The van der Waals surface area contributed by atoms with Crippen molar-refractivity contribution < 1.29 is 40.5 Å². The Labute approximate surface area is 207 Å². The van der Waals surface area contributed by atoms with Gasteiger partial charge < -0.3 is 35.7 Å². The van der Waals surface area contributed by atoms with Crippen molar-refractivity contribution in [2.45, 2.75) is 121 Å². The average molecular weight is 497 g/mol. The maximum absolute atomic E-state index is 13.3. The van der Waals surface area contributed by atoms with E-state index in [1.165, 1.54) is 6.08 Å². The lowest BCUT2D eigenvalue weighted by molar-refractivity contribution is -0.197. The smallest absolute Gasteiger partial charge is 0.159 e. The van der Waals surface area contributed by atoms with Gasteiger partial charge in [0.15, 0.2) is 5.78 Å². The van der Waals surface area contributed by atoms with Crippen molar-refractivity contribution in [1.29, 1.82) is 0 Å². The summed E-state index contributed by atoms with van der Waals surface area (Å²) in [5.74, 6) is -1.89. The lowest BCUT2D eigenvalue weighted by atomic mass is 9.45. The van der Waals surface area contributed by atoms with Crippen LogP contribution in [0.2, 0.25) is 0 Å². The first-order valence-corrected chi connectivity index (χ1v) is 13.0. The Kier molecular flexibility index (Phi) is 6.46. The van der Waals surface area contributed by atoms with E-state index in [-0.39, 0.29) is 44.3 Å². The number of carbonyl (C=O) groups is 1. The van der Waals surface area contributed by atoms with Gasteiger partial charge in [0.05, 0.1) is 41.2 Å². The zero-order chi connectivity index (χ0) is 26.4. The molecule has 3 saturated carbocycles. The Hall–Kier alpha value is -0.870. The second-order valence-corrected chi connectivity index (χ2v) is 13.3. The summed E-state index contributed by atoms with van der Waals surface area (Å²) in [6.45, 7) is 8.52. The molecule has 0 aliphatic heterocycles. The van der Waals surface area contributed by atoms with Crippen molar-refractivity contribution in [2.75, 3.05) is 0 Å². The van der Waals surface area contributed by atoms with Crippen molar-refractivity contribution in [3.8, 4) is 0 Å². The average Bonchev–Trinajstić information content (AvgIpc) is 2.99. The van der Waals surface area contributed by atoms with Gasteiger partial charge in [0.1, 0.15) is 0 Å². The molecule has 11 atom stereocenters. The van der Waals surface area contributed by atoms with Crippen molar-refractivity contribution in [2.24, 2.45) is 28.6 Å². The molecule has 3 fully saturated rings. The van der Waals surface area contributed by atoms with E-state index in [2.05, 4.69) is 0 Å². The molecule has 4 aliphatic carbocycles. The molecule has 0 aromatic carbocycles. The fourth-order valence-electron chi connectivity index (χ4n) is 8.44. The van der Waals surface area contributed by atoms with Crippen LogP contribution in [0.1, 0.15) is 79.6 Å². The van der Waals surface area contributed by atoms with Crippen LogP contribution in [0.4, 0.5) is 0 Å². The van der Waals surface area contributed by atoms with Gasteiger partial charge in [-0.3, -0.25) is 4.79 Å². The number of allylic oxidation sites excluding steroid dienone is 1. The maximum atomic E-state index is 13.3. The summed E-state index contributed by atoms with van der Waals surface area (Å²) in [5.41, 5.74) is -5.42. The Morgan fingerprint density at radius 3 is 2.29 bits per heavy atom. The molecule has 0 heterocycles. The number of ketones is 1. The highest BCUT2D eigenvalue weighted by molar-refractivity contribution is 5.95. The largest absolute Gasteiger partial charge is 0.392 e. The molecule has 7 N–H and O–H groups in total. The van der Waals surface area contributed by atoms with Gasteiger partial charge in [0, 0.05) is 17.3 Å². The first-order chi connectivity index (χ1) is 15.9. The van der Waals surface area contributed by atoms with Crippen LogP contribution in [0, 0.1) is 28.6 Å². The van der Waals surface area contributed by atoms with Crippen LogP contribution < -0.4 is 0 Å². The fourth-order valence-corrected chi connectivity index (χ4v) is 8.44. The number of aliphatic hydroxyl groups is 7. The highest BCUT2D eigenvalue weighted by Crippen LogP contribution is 2.68. The molecule has 0 spiro atoms. The Morgan fingerprint density at radius 2 is 1.69 bits per heavy atom. The predicted molar refractivity (Wildman–Crippen MR) is 128 cm³/mol. The van der Waals surface area contributed by atoms with Gasteiger partial charge in [0.2, 0.25) is 0 Å². The molecule has 0 radical (unpaired) electrons. The van der Waals surface area contributed by atoms with Crippen LogP contribution in [0.25, 0.3) is 0 Å². The number of carbonyl (C=O) groups excluding carboxylic acids is 1. The van der Waals surface area contributed by atoms with Crippen molar-refractivity contribution >= 4 is 5.78 Å². The van der Waals surface area contributed by atoms with Crippen LogP contribution >= 0.6 is 0 Å². The van der Waals surface area contributed by atoms with E-state index in [0.29, 0.717) is 12.0 Å². The molecule has 4 aliphatic rings. The molecule has 35 heavy (non-hydrogen) atoms. The minimum Gasteiger partial charge on any atom is -0.392 e. The van der Waals surface area contributed by atoms with Gasteiger partial charge in [-0.15, -0.1) is 0 Å². The normalized spacial score (nSPS) is 48.3. The lowest BCUT2D eigenvalue weighted by Crippen LogP contribution is -2.66. The van der Waals surface area contributed by atoms with E-state index in [1.807, 2.05) is 13.8 Å². The Bertz CT molecular complexity index is 892. The second kappa shape index (κ2) is 8.32. The number of hydrogen-bond acceptors (Lipinski definition) is 8. The van der Waals surface area contributed by atoms with Crippen LogP contribution in [-0.2, 0) is 4.79 Å². The molecule has 0 amide bonds. The van der Waals surface area contributed by atoms with Crippen molar-refractivity contribution in [3.63, 3.8) is 0 Å². The summed E-state index contributed by atoms with van der Waals surface area (Å²) in [4.78, 5) is 13.3. The minimum absolute atomic E-state index is 0.115. The first-order valence-electron chi connectivity index (χ1n) is 13.0. The monoisotopic (exact) mass is 496 g/mol. The van der Waals surface area contributed by atoms with Gasteiger partial charge in [0.25, 0.3) is 0 Å². The summed E-state index contributed by atoms with van der Waals surface area (Å²) < 4.78 is 0. The molecule has 8 heteroatoms. The summed E-state index contributed by atoms with van der Waals surface area (Å²) in [6.07, 6.45) is -1.08. The molecule has 0 bridgehead atoms. The quantitative estimate of drug-likeness (QED) is 0.295. The zero-order valence-electron chi connectivity index (χ0n) is 21.6.